The average Bonchev–Trinajstić information content (AvgIpc) is 2.21. The van der Waals surface area contributed by atoms with Crippen molar-refractivity contribution < 1.29 is 9.47 Å². The van der Waals surface area contributed by atoms with Gasteiger partial charge >= 0.3 is 0 Å². The Hall–Kier alpha value is -1.44. The summed E-state index contributed by atoms with van der Waals surface area (Å²) < 4.78 is 10.7. The van der Waals surface area contributed by atoms with Gasteiger partial charge in [-0.25, -0.2) is 0 Å². The number of hydrogen-bond acceptors (Lipinski definition) is 2. The highest BCUT2D eigenvalue weighted by Gasteiger charge is 2.19. The van der Waals surface area contributed by atoms with Crippen molar-refractivity contribution in [3.05, 3.63) is 49.0 Å². The van der Waals surface area contributed by atoms with Crippen LogP contribution < -0.4 is 0 Å². The maximum atomic E-state index is 5.34. The van der Waals surface area contributed by atoms with Gasteiger partial charge in [0.1, 0.15) is 0 Å². The normalized spacial score (nSPS) is 31.3. The molecule has 2 aliphatic heterocycles. The second-order valence-electron chi connectivity index (χ2n) is 2.63. The summed E-state index contributed by atoms with van der Waals surface area (Å²) >= 11 is 0. The van der Waals surface area contributed by atoms with E-state index in [-0.39, 0.29) is 12.2 Å². The molecule has 2 rings (SSSR count). The van der Waals surface area contributed by atoms with Gasteiger partial charge in [0, 0.05) is 0 Å². The molecule has 2 atom stereocenters. The second kappa shape index (κ2) is 3.30. The summed E-state index contributed by atoms with van der Waals surface area (Å²) in [5.41, 5.74) is 0. The lowest BCUT2D eigenvalue weighted by Gasteiger charge is -2.23. The Balaban J connectivity index is 2.01. The van der Waals surface area contributed by atoms with Gasteiger partial charge in [-0.15, -0.1) is 0 Å². The van der Waals surface area contributed by atoms with Crippen LogP contribution >= 0.6 is 0 Å². The smallest absolute Gasteiger partial charge is 0.157 e. The second-order valence-corrected chi connectivity index (χ2v) is 2.63. The molecule has 0 N–H and O–H groups in total. The highest BCUT2D eigenvalue weighted by atomic mass is 16.5. The molecule has 0 aliphatic carbocycles. The van der Waals surface area contributed by atoms with Gasteiger partial charge in [-0.1, -0.05) is 12.2 Å². The highest BCUT2D eigenvalue weighted by molar-refractivity contribution is 5.16. The molecule has 0 aromatic carbocycles. The van der Waals surface area contributed by atoms with Crippen LogP contribution in [-0.4, -0.2) is 12.2 Å². The summed E-state index contributed by atoms with van der Waals surface area (Å²) in [4.78, 5) is 0. The van der Waals surface area contributed by atoms with E-state index in [4.69, 9.17) is 9.47 Å². The molecule has 0 fully saturated rings. The van der Waals surface area contributed by atoms with Crippen LogP contribution in [0.2, 0.25) is 0 Å². The monoisotopic (exact) mass is 162 g/mol. The van der Waals surface area contributed by atoms with Gasteiger partial charge in [0.25, 0.3) is 0 Å². The third-order valence-corrected chi connectivity index (χ3v) is 1.78. The fourth-order valence-corrected chi connectivity index (χ4v) is 1.17. The molecule has 0 aromatic rings. The Bertz CT molecular complexity index is 233. The van der Waals surface area contributed by atoms with E-state index in [1.165, 1.54) is 0 Å². The van der Waals surface area contributed by atoms with Crippen LogP contribution in [0.15, 0.2) is 49.0 Å². The first-order valence-corrected chi connectivity index (χ1v) is 3.94. The predicted octanol–water partition coefficient (Wildman–Crippen LogP) is 1.92. The van der Waals surface area contributed by atoms with Crippen molar-refractivity contribution in [3.63, 3.8) is 0 Å². The summed E-state index contributed by atoms with van der Waals surface area (Å²) in [6.45, 7) is 0. The van der Waals surface area contributed by atoms with Crippen LogP contribution in [0, 0.1) is 0 Å². The first-order valence-electron chi connectivity index (χ1n) is 3.94. The Morgan fingerprint density at radius 1 is 0.667 bits per heavy atom. The molecule has 12 heavy (non-hydrogen) atoms. The molecule has 0 bridgehead atoms. The molecular weight excluding hydrogens is 152 g/mol. The third kappa shape index (κ3) is 1.42. The molecule has 0 spiro atoms. The van der Waals surface area contributed by atoms with Crippen molar-refractivity contribution >= 4 is 0 Å². The van der Waals surface area contributed by atoms with Crippen LogP contribution in [0.1, 0.15) is 0 Å². The zero-order valence-corrected chi connectivity index (χ0v) is 6.59. The van der Waals surface area contributed by atoms with Gasteiger partial charge < -0.3 is 9.47 Å². The summed E-state index contributed by atoms with van der Waals surface area (Å²) in [5.74, 6) is 0. The lowest BCUT2D eigenvalue weighted by atomic mass is 10.1. The molecule has 0 saturated heterocycles. The Morgan fingerprint density at radius 2 is 1.17 bits per heavy atom. The minimum absolute atomic E-state index is 0.0104. The van der Waals surface area contributed by atoms with Crippen molar-refractivity contribution in [1.29, 1.82) is 0 Å². The van der Waals surface area contributed by atoms with Crippen molar-refractivity contribution in [1.82, 2.24) is 0 Å². The highest BCUT2D eigenvalue weighted by Crippen LogP contribution is 2.14. The summed E-state index contributed by atoms with van der Waals surface area (Å²) in [6.07, 6.45) is 15.0. The Kier molecular flexibility index (Phi) is 1.99. The maximum absolute atomic E-state index is 5.34. The van der Waals surface area contributed by atoms with Gasteiger partial charge in [0.05, 0.1) is 12.5 Å². The molecule has 0 radical (unpaired) electrons. The number of rotatable bonds is 1. The average molecular weight is 162 g/mol. The molecule has 0 saturated carbocycles. The first kappa shape index (κ1) is 7.22. The van der Waals surface area contributed by atoms with Crippen LogP contribution in [0.5, 0.6) is 0 Å². The molecule has 2 aliphatic rings. The maximum Gasteiger partial charge on any atom is 0.157 e. The van der Waals surface area contributed by atoms with E-state index in [1.807, 2.05) is 36.5 Å². The lowest BCUT2D eigenvalue weighted by Crippen LogP contribution is -2.27. The van der Waals surface area contributed by atoms with Gasteiger partial charge in [-0.2, -0.15) is 0 Å². The summed E-state index contributed by atoms with van der Waals surface area (Å²) in [7, 11) is 0. The van der Waals surface area contributed by atoms with Crippen LogP contribution in [0.25, 0.3) is 0 Å². The summed E-state index contributed by atoms with van der Waals surface area (Å²) in [6, 6.07) is 0. The van der Waals surface area contributed by atoms with Crippen molar-refractivity contribution in [3.8, 4) is 0 Å². The van der Waals surface area contributed by atoms with Crippen LogP contribution in [0.4, 0.5) is 0 Å². The molecular formula is C10H10O2. The van der Waals surface area contributed by atoms with Gasteiger partial charge in [0.2, 0.25) is 0 Å². The van der Waals surface area contributed by atoms with E-state index in [2.05, 4.69) is 0 Å². The molecule has 0 aromatic heterocycles. The van der Waals surface area contributed by atoms with E-state index >= 15 is 0 Å². The van der Waals surface area contributed by atoms with Crippen LogP contribution in [0.3, 0.4) is 0 Å². The molecule has 2 nitrogen and oxygen atoms in total. The molecule has 2 heterocycles. The van der Waals surface area contributed by atoms with Gasteiger partial charge in [-0.05, 0) is 24.3 Å². The first-order chi connectivity index (χ1) is 5.97. The quantitative estimate of drug-likeness (QED) is 0.586. The minimum Gasteiger partial charge on any atom is -0.490 e. The minimum atomic E-state index is 0.0104. The standard InChI is InChI=1S/C10H10O2/c1-3-7-11-9(5-1)10-6-2-4-8-12-10/h1-10H. The topological polar surface area (TPSA) is 18.5 Å². The number of hydrogen-bond donors (Lipinski definition) is 0. The molecule has 2 heteroatoms. The van der Waals surface area contributed by atoms with Crippen molar-refractivity contribution in [2.75, 3.05) is 0 Å². The number of allylic oxidation sites excluding steroid dienone is 4. The predicted molar refractivity (Wildman–Crippen MR) is 46.3 cm³/mol. The fourth-order valence-electron chi connectivity index (χ4n) is 1.17. The van der Waals surface area contributed by atoms with E-state index in [1.54, 1.807) is 12.5 Å². The van der Waals surface area contributed by atoms with Crippen molar-refractivity contribution in [2.24, 2.45) is 0 Å². The van der Waals surface area contributed by atoms with E-state index in [0.29, 0.717) is 0 Å². The van der Waals surface area contributed by atoms with Crippen LogP contribution in [-0.2, 0) is 9.47 Å². The summed E-state index contributed by atoms with van der Waals surface area (Å²) in [5, 5.41) is 0. The lowest BCUT2D eigenvalue weighted by molar-refractivity contribution is 0.0513. The zero-order valence-electron chi connectivity index (χ0n) is 6.59. The van der Waals surface area contributed by atoms with E-state index in [9.17, 15) is 0 Å². The zero-order chi connectivity index (χ0) is 8.23. The third-order valence-electron chi connectivity index (χ3n) is 1.78. The van der Waals surface area contributed by atoms with E-state index < -0.39 is 0 Å². The molecule has 62 valence electrons. The number of ether oxygens (including phenoxy) is 2. The van der Waals surface area contributed by atoms with Gasteiger partial charge in [0.15, 0.2) is 12.2 Å². The molecule has 0 amide bonds. The van der Waals surface area contributed by atoms with Crippen molar-refractivity contribution in [2.45, 2.75) is 12.2 Å². The molecule has 2 unspecified atom stereocenters. The Morgan fingerprint density at radius 3 is 1.50 bits per heavy atom. The Labute approximate surface area is 71.5 Å². The van der Waals surface area contributed by atoms with Gasteiger partial charge in [-0.3, -0.25) is 0 Å². The fraction of sp³-hybridized carbons (Fsp3) is 0.200. The SMILES string of the molecule is C1=COC(C2C=CC=CO2)C=C1. The largest absolute Gasteiger partial charge is 0.490 e. The van der Waals surface area contributed by atoms with E-state index in [0.717, 1.165) is 0 Å².